The number of aromatic hydroxyl groups is 2. The fraction of sp³-hybridized carbons (Fsp3) is 0.333. The van der Waals surface area contributed by atoms with Gasteiger partial charge in [-0.05, 0) is 58.7 Å². The minimum absolute atomic E-state index is 0.0676. The predicted molar refractivity (Wildman–Crippen MR) is 129 cm³/mol. The molecule has 0 aromatic heterocycles. The summed E-state index contributed by atoms with van der Waals surface area (Å²) in [5.74, 6) is 2.22. The van der Waals surface area contributed by atoms with Crippen LogP contribution in [-0.2, 0) is 12.8 Å². The van der Waals surface area contributed by atoms with Crippen molar-refractivity contribution in [2.24, 2.45) is 0 Å². The van der Waals surface area contributed by atoms with Gasteiger partial charge in [0.05, 0.1) is 19.8 Å². The van der Waals surface area contributed by atoms with E-state index in [0.717, 1.165) is 22.3 Å². The number of methoxy groups -OCH3 is 2. The third-order valence-corrected chi connectivity index (χ3v) is 5.50. The number of hydrogen-bond donors (Lipinski definition) is 2. The molecule has 0 fully saturated rings. The second-order valence-electron chi connectivity index (χ2n) is 8.39. The summed E-state index contributed by atoms with van der Waals surface area (Å²) in [7, 11) is 3.28. The van der Waals surface area contributed by atoms with Gasteiger partial charge >= 0.3 is 0 Å². The van der Waals surface area contributed by atoms with Crippen molar-refractivity contribution < 1.29 is 24.4 Å². The summed E-state index contributed by atoms with van der Waals surface area (Å²) in [5.41, 5.74) is 6.02. The molecule has 1 heterocycles. The fourth-order valence-electron chi connectivity index (χ4n) is 3.76. The van der Waals surface area contributed by atoms with Crippen LogP contribution in [0.3, 0.4) is 0 Å². The molecule has 0 unspecified atom stereocenters. The topological polar surface area (TPSA) is 68.2 Å². The fourth-order valence-corrected chi connectivity index (χ4v) is 3.76. The maximum atomic E-state index is 10.9. The van der Waals surface area contributed by atoms with Crippen LogP contribution in [0.2, 0.25) is 0 Å². The summed E-state index contributed by atoms with van der Waals surface area (Å²) in [5, 5.41) is 21.2. The molecule has 170 valence electrons. The molecular formula is C27H32O5. The third kappa shape index (κ3) is 4.77. The van der Waals surface area contributed by atoms with Crippen LogP contribution in [0.15, 0.2) is 41.5 Å². The molecule has 0 aliphatic carbocycles. The molecule has 2 N–H and O–H groups in total. The van der Waals surface area contributed by atoms with Gasteiger partial charge in [-0.2, -0.15) is 0 Å². The molecule has 0 amide bonds. The van der Waals surface area contributed by atoms with E-state index in [1.807, 2.05) is 32.1 Å². The molecule has 0 saturated heterocycles. The number of phenols is 2. The number of phenolic OH excluding ortho intramolecular Hbond substituents is 2. The molecule has 0 saturated carbocycles. The van der Waals surface area contributed by atoms with E-state index in [0.29, 0.717) is 41.2 Å². The highest BCUT2D eigenvalue weighted by Gasteiger charge is 2.24. The van der Waals surface area contributed by atoms with Crippen LogP contribution >= 0.6 is 0 Å². The van der Waals surface area contributed by atoms with Crippen molar-refractivity contribution in [2.75, 3.05) is 20.8 Å². The van der Waals surface area contributed by atoms with Gasteiger partial charge in [-0.1, -0.05) is 23.3 Å². The summed E-state index contributed by atoms with van der Waals surface area (Å²) in [6.45, 7) is 8.37. The SMILES string of the molecule is COc1cc2c(c(OC)c1CC=C(C)C)C=C(c1ccc(O)c(CC=C(C)C)c1O)CO2. The second-order valence-corrected chi connectivity index (χ2v) is 8.39. The maximum Gasteiger partial charge on any atom is 0.137 e. The maximum absolute atomic E-state index is 10.9. The lowest BCUT2D eigenvalue weighted by molar-refractivity contribution is 0.345. The van der Waals surface area contributed by atoms with E-state index in [2.05, 4.69) is 19.9 Å². The average molecular weight is 437 g/mol. The molecule has 0 bridgehead atoms. The zero-order chi connectivity index (χ0) is 23.4. The molecular weight excluding hydrogens is 404 g/mol. The van der Waals surface area contributed by atoms with E-state index in [1.165, 1.54) is 5.57 Å². The number of fused-ring (bicyclic) bond motifs is 1. The highest BCUT2D eigenvalue weighted by Crippen LogP contribution is 2.45. The molecule has 0 radical (unpaired) electrons. The summed E-state index contributed by atoms with van der Waals surface area (Å²) in [6, 6.07) is 5.22. The summed E-state index contributed by atoms with van der Waals surface area (Å²) in [4.78, 5) is 0. The van der Waals surface area contributed by atoms with Crippen molar-refractivity contribution in [1.82, 2.24) is 0 Å². The van der Waals surface area contributed by atoms with Crippen LogP contribution in [0.5, 0.6) is 28.7 Å². The minimum atomic E-state index is 0.0676. The molecule has 1 aliphatic heterocycles. The van der Waals surface area contributed by atoms with Gasteiger partial charge in [0, 0.05) is 28.3 Å². The van der Waals surface area contributed by atoms with E-state index < -0.39 is 0 Å². The van der Waals surface area contributed by atoms with Crippen molar-refractivity contribution in [3.63, 3.8) is 0 Å². The zero-order valence-electron chi connectivity index (χ0n) is 19.7. The lowest BCUT2D eigenvalue weighted by Gasteiger charge is -2.24. The number of ether oxygens (including phenoxy) is 3. The first-order valence-electron chi connectivity index (χ1n) is 10.7. The Morgan fingerprint density at radius 2 is 1.62 bits per heavy atom. The van der Waals surface area contributed by atoms with Crippen molar-refractivity contribution in [2.45, 2.75) is 40.5 Å². The Kier molecular flexibility index (Phi) is 7.18. The lowest BCUT2D eigenvalue weighted by atomic mass is 9.94. The van der Waals surface area contributed by atoms with Crippen molar-refractivity contribution in [3.05, 3.63) is 63.8 Å². The van der Waals surface area contributed by atoms with Crippen LogP contribution in [0, 0.1) is 0 Å². The number of rotatable bonds is 7. The average Bonchev–Trinajstić information content (AvgIpc) is 2.76. The van der Waals surface area contributed by atoms with Gasteiger partial charge in [0.2, 0.25) is 0 Å². The van der Waals surface area contributed by atoms with Gasteiger partial charge in [0.1, 0.15) is 35.4 Å². The van der Waals surface area contributed by atoms with Gasteiger partial charge in [0.15, 0.2) is 0 Å². The molecule has 32 heavy (non-hydrogen) atoms. The Balaban J connectivity index is 2.14. The lowest BCUT2D eigenvalue weighted by Crippen LogP contribution is -2.10. The Morgan fingerprint density at radius 1 is 0.969 bits per heavy atom. The highest BCUT2D eigenvalue weighted by atomic mass is 16.5. The zero-order valence-corrected chi connectivity index (χ0v) is 19.7. The summed E-state index contributed by atoms with van der Waals surface area (Å²) >= 11 is 0. The van der Waals surface area contributed by atoms with E-state index >= 15 is 0 Å². The van der Waals surface area contributed by atoms with Crippen LogP contribution in [0.1, 0.15) is 49.9 Å². The molecule has 5 heteroatoms. The van der Waals surface area contributed by atoms with E-state index in [-0.39, 0.29) is 18.1 Å². The Bertz CT molecular complexity index is 1100. The van der Waals surface area contributed by atoms with Crippen LogP contribution in [0.25, 0.3) is 11.6 Å². The molecule has 5 nitrogen and oxygen atoms in total. The number of hydrogen-bond acceptors (Lipinski definition) is 5. The normalized spacial score (nSPS) is 12.2. The number of benzene rings is 2. The van der Waals surface area contributed by atoms with Gasteiger partial charge in [-0.25, -0.2) is 0 Å². The van der Waals surface area contributed by atoms with E-state index in [4.69, 9.17) is 14.2 Å². The van der Waals surface area contributed by atoms with Crippen molar-refractivity contribution in [1.29, 1.82) is 0 Å². The summed E-state index contributed by atoms with van der Waals surface area (Å²) in [6.07, 6.45) is 7.21. The van der Waals surface area contributed by atoms with Gasteiger partial charge in [-0.15, -0.1) is 0 Å². The molecule has 1 aliphatic rings. The first-order chi connectivity index (χ1) is 15.3. The second kappa shape index (κ2) is 9.86. The van der Waals surface area contributed by atoms with Gasteiger partial charge < -0.3 is 24.4 Å². The Labute approximate surface area is 190 Å². The summed E-state index contributed by atoms with van der Waals surface area (Å²) < 4.78 is 17.5. The van der Waals surface area contributed by atoms with Crippen LogP contribution < -0.4 is 14.2 Å². The third-order valence-electron chi connectivity index (χ3n) is 5.50. The van der Waals surface area contributed by atoms with Crippen LogP contribution in [-0.4, -0.2) is 31.0 Å². The number of allylic oxidation sites excluding steroid dienone is 4. The van der Waals surface area contributed by atoms with Gasteiger partial charge in [-0.3, -0.25) is 0 Å². The molecule has 0 atom stereocenters. The molecule has 0 spiro atoms. The molecule has 2 aromatic carbocycles. The predicted octanol–water partition coefficient (Wildman–Crippen LogP) is 6.07. The van der Waals surface area contributed by atoms with E-state index in [9.17, 15) is 10.2 Å². The Morgan fingerprint density at radius 3 is 2.22 bits per heavy atom. The van der Waals surface area contributed by atoms with E-state index in [1.54, 1.807) is 26.4 Å². The molecule has 3 rings (SSSR count). The van der Waals surface area contributed by atoms with Gasteiger partial charge in [0.25, 0.3) is 0 Å². The first-order valence-corrected chi connectivity index (χ1v) is 10.7. The minimum Gasteiger partial charge on any atom is -0.508 e. The monoisotopic (exact) mass is 436 g/mol. The van der Waals surface area contributed by atoms with Crippen LogP contribution in [0.4, 0.5) is 0 Å². The van der Waals surface area contributed by atoms with Crippen molar-refractivity contribution in [3.8, 4) is 28.7 Å². The quantitative estimate of drug-likeness (QED) is 0.516. The molecule has 2 aromatic rings. The standard InChI is InChI=1S/C27H32O5/c1-16(2)7-9-20-23(28)12-11-19(26(20)29)18-13-22-25(32-15-18)14-24(30-5)21(27(22)31-6)10-8-17(3)4/h7-8,11-14,28-29H,9-10,15H2,1-6H3. The first kappa shape index (κ1) is 23.3. The Hall–Kier alpha value is -3.34. The highest BCUT2D eigenvalue weighted by molar-refractivity contribution is 5.90. The largest absolute Gasteiger partial charge is 0.508 e. The van der Waals surface area contributed by atoms with Crippen molar-refractivity contribution >= 4 is 11.6 Å². The smallest absolute Gasteiger partial charge is 0.137 e.